The van der Waals surface area contributed by atoms with E-state index in [4.69, 9.17) is 14.2 Å². The summed E-state index contributed by atoms with van der Waals surface area (Å²) in [6.45, 7) is 4.50. The number of amides is 1. The molecule has 2 aromatic carbocycles. The summed E-state index contributed by atoms with van der Waals surface area (Å²) in [5.74, 6) is 1.84. The Morgan fingerprint density at radius 3 is 2.19 bits per heavy atom. The van der Waals surface area contributed by atoms with Crippen LogP contribution in [0.3, 0.4) is 0 Å². The molecule has 0 N–H and O–H groups in total. The first-order valence-electron chi connectivity index (χ1n) is 9.95. The number of ether oxygens (including phenoxy) is 3. The molecule has 0 radical (unpaired) electrons. The van der Waals surface area contributed by atoms with Gasteiger partial charge < -0.3 is 14.2 Å². The van der Waals surface area contributed by atoms with E-state index in [1.54, 1.807) is 26.2 Å². The first kappa shape index (κ1) is 22.6. The smallest absolute Gasteiger partial charge is 0.229 e. The van der Waals surface area contributed by atoms with E-state index in [1.165, 1.54) is 11.3 Å². The first-order chi connectivity index (χ1) is 15.0. The summed E-state index contributed by atoms with van der Waals surface area (Å²) < 4.78 is 16.3. The van der Waals surface area contributed by atoms with Crippen molar-refractivity contribution in [2.75, 3.05) is 26.2 Å². The molecule has 8 heteroatoms. The van der Waals surface area contributed by atoms with Crippen molar-refractivity contribution in [2.45, 2.75) is 26.8 Å². The molecule has 0 aliphatic rings. The van der Waals surface area contributed by atoms with Gasteiger partial charge in [0.2, 0.25) is 16.8 Å². The molecule has 0 saturated heterocycles. The molecule has 1 heterocycles. The number of hydrogen-bond acceptors (Lipinski definition) is 7. The molecule has 0 atom stereocenters. The van der Waals surface area contributed by atoms with Gasteiger partial charge >= 0.3 is 0 Å². The zero-order valence-corrected chi connectivity index (χ0v) is 19.2. The summed E-state index contributed by atoms with van der Waals surface area (Å²) in [7, 11) is 4.70. The highest BCUT2D eigenvalue weighted by molar-refractivity contribution is 7.18. The number of methoxy groups -OCH3 is 3. The number of hydrogen-bond donors (Lipinski definition) is 0. The van der Waals surface area contributed by atoms with Crippen LogP contribution in [0.2, 0.25) is 0 Å². The molecule has 0 fully saturated rings. The SMILES string of the molecule is COc1cc(-c2nnc(N(Cc3ccccc3)C(=O)CC(C)C)s2)cc(OC)c1OC. The third-order valence-corrected chi connectivity index (χ3v) is 5.62. The second kappa shape index (κ2) is 10.3. The minimum atomic E-state index is 0.0199. The molecular formula is C23H27N3O4S. The largest absolute Gasteiger partial charge is 0.493 e. The molecule has 1 aromatic heterocycles. The maximum atomic E-state index is 13.0. The zero-order chi connectivity index (χ0) is 22.4. The summed E-state index contributed by atoms with van der Waals surface area (Å²) in [4.78, 5) is 14.7. The van der Waals surface area contributed by atoms with Crippen molar-refractivity contribution in [3.63, 3.8) is 0 Å². The minimum absolute atomic E-state index is 0.0199. The molecule has 0 aliphatic heterocycles. The lowest BCUT2D eigenvalue weighted by atomic mass is 10.1. The molecule has 3 rings (SSSR count). The minimum Gasteiger partial charge on any atom is -0.493 e. The number of carbonyl (C=O) groups excluding carboxylic acids is 1. The summed E-state index contributed by atoms with van der Waals surface area (Å²) in [6, 6.07) is 13.5. The molecule has 0 unspecified atom stereocenters. The van der Waals surface area contributed by atoms with E-state index in [0.717, 1.165) is 11.1 Å². The van der Waals surface area contributed by atoms with Crippen molar-refractivity contribution in [3.05, 3.63) is 48.0 Å². The van der Waals surface area contributed by atoms with Crippen LogP contribution in [0.15, 0.2) is 42.5 Å². The average molecular weight is 442 g/mol. The number of carbonyl (C=O) groups is 1. The van der Waals surface area contributed by atoms with E-state index in [2.05, 4.69) is 10.2 Å². The van der Waals surface area contributed by atoms with Gasteiger partial charge in [-0.3, -0.25) is 9.69 Å². The Hall–Kier alpha value is -3.13. The molecule has 7 nitrogen and oxygen atoms in total. The summed E-state index contributed by atoms with van der Waals surface area (Å²) in [5, 5.41) is 9.88. The van der Waals surface area contributed by atoms with E-state index < -0.39 is 0 Å². The fraction of sp³-hybridized carbons (Fsp3) is 0.348. The molecule has 0 saturated carbocycles. The van der Waals surface area contributed by atoms with E-state index in [1.807, 2.05) is 56.3 Å². The van der Waals surface area contributed by atoms with Crippen LogP contribution < -0.4 is 19.1 Å². The molecule has 0 aliphatic carbocycles. The van der Waals surface area contributed by atoms with Crippen molar-refractivity contribution in [1.29, 1.82) is 0 Å². The van der Waals surface area contributed by atoms with Gasteiger partial charge in [0.05, 0.1) is 27.9 Å². The van der Waals surface area contributed by atoms with Crippen LogP contribution in [0.25, 0.3) is 10.6 Å². The van der Waals surface area contributed by atoms with Gasteiger partial charge in [0.25, 0.3) is 0 Å². The van der Waals surface area contributed by atoms with Gasteiger partial charge in [-0.05, 0) is 23.6 Å². The Bertz CT molecular complexity index is 996. The lowest BCUT2D eigenvalue weighted by molar-refractivity contribution is -0.119. The van der Waals surface area contributed by atoms with Crippen molar-refractivity contribution >= 4 is 22.4 Å². The lowest BCUT2D eigenvalue weighted by Crippen LogP contribution is -2.31. The van der Waals surface area contributed by atoms with Gasteiger partial charge in [0.15, 0.2) is 11.5 Å². The third kappa shape index (κ3) is 5.32. The number of nitrogens with zero attached hydrogens (tertiary/aromatic N) is 3. The van der Waals surface area contributed by atoms with Crippen molar-refractivity contribution < 1.29 is 19.0 Å². The summed E-state index contributed by atoms with van der Waals surface area (Å²) in [6.07, 6.45) is 0.436. The number of aromatic nitrogens is 2. The highest BCUT2D eigenvalue weighted by Gasteiger charge is 2.23. The Balaban J connectivity index is 1.97. The van der Waals surface area contributed by atoms with E-state index >= 15 is 0 Å². The third-order valence-electron chi connectivity index (χ3n) is 4.62. The van der Waals surface area contributed by atoms with E-state index in [-0.39, 0.29) is 11.8 Å². The Morgan fingerprint density at radius 2 is 1.65 bits per heavy atom. The Morgan fingerprint density at radius 1 is 1.00 bits per heavy atom. The highest BCUT2D eigenvalue weighted by Crippen LogP contribution is 2.42. The Labute approximate surface area is 186 Å². The van der Waals surface area contributed by atoms with Crippen LogP contribution in [0.1, 0.15) is 25.8 Å². The van der Waals surface area contributed by atoms with Gasteiger partial charge in [0, 0.05) is 12.0 Å². The molecule has 164 valence electrons. The second-order valence-electron chi connectivity index (χ2n) is 7.37. The first-order valence-corrected chi connectivity index (χ1v) is 10.8. The van der Waals surface area contributed by atoms with Gasteiger partial charge in [-0.1, -0.05) is 55.5 Å². The maximum Gasteiger partial charge on any atom is 0.229 e. The molecule has 0 bridgehead atoms. The van der Waals surface area contributed by atoms with Crippen LogP contribution in [-0.2, 0) is 11.3 Å². The molecule has 0 spiro atoms. The average Bonchev–Trinajstić information content (AvgIpc) is 3.26. The predicted octanol–water partition coefficient (Wildman–Crippen LogP) is 4.81. The van der Waals surface area contributed by atoms with Crippen molar-refractivity contribution in [2.24, 2.45) is 5.92 Å². The monoisotopic (exact) mass is 441 g/mol. The lowest BCUT2D eigenvalue weighted by Gasteiger charge is -2.20. The van der Waals surface area contributed by atoms with Crippen LogP contribution in [0.4, 0.5) is 5.13 Å². The molecule has 31 heavy (non-hydrogen) atoms. The quantitative estimate of drug-likeness (QED) is 0.474. The molecular weight excluding hydrogens is 414 g/mol. The predicted molar refractivity (Wildman–Crippen MR) is 122 cm³/mol. The van der Waals surface area contributed by atoms with Crippen molar-refractivity contribution in [3.8, 4) is 27.8 Å². The van der Waals surface area contributed by atoms with Gasteiger partial charge in [-0.2, -0.15) is 0 Å². The second-order valence-corrected chi connectivity index (χ2v) is 8.32. The van der Waals surface area contributed by atoms with Crippen LogP contribution in [-0.4, -0.2) is 37.4 Å². The van der Waals surface area contributed by atoms with Crippen LogP contribution >= 0.6 is 11.3 Å². The molecule has 1 amide bonds. The fourth-order valence-corrected chi connectivity index (χ4v) is 3.98. The van der Waals surface area contributed by atoms with Gasteiger partial charge in [-0.15, -0.1) is 10.2 Å². The number of benzene rings is 2. The number of rotatable bonds is 9. The topological polar surface area (TPSA) is 73.8 Å². The van der Waals surface area contributed by atoms with Gasteiger partial charge in [-0.25, -0.2) is 0 Å². The zero-order valence-electron chi connectivity index (χ0n) is 18.4. The summed E-state index contributed by atoms with van der Waals surface area (Å²) in [5.41, 5.74) is 1.80. The standard InChI is InChI=1S/C23H27N3O4S/c1-15(2)11-20(27)26(14-16-9-7-6-8-10-16)23-25-24-22(31-23)17-12-18(28-3)21(30-5)19(13-17)29-4/h6-10,12-13,15H,11,14H2,1-5H3. The number of anilines is 1. The van der Waals surface area contributed by atoms with E-state index in [0.29, 0.717) is 40.4 Å². The highest BCUT2D eigenvalue weighted by atomic mass is 32.1. The molecule has 3 aromatic rings. The fourth-order valence-electron chi connectivity index (χ4n) is 3.13. The maximum absolute atomic E-state index is 13.0. The summed E-state index contributed by atoms with van der Waals surface area (Å²) >= 11 is 1.35. The van der Waals surface area contributed by atoms with Crippen LogP contribution in [0, 0.1) is 5.92 Å². The Kier molecular flexibility index (Phi) is 7.46. The van der Waals surface area contributed by atoms with E-state index in [9.17, 15) is 4.79 Å². The van der Waals surface area contributed by atoms with Crippen LogP contribution in [0.5, 0.6) is 17.2 Å². The van der Waals surface area contributed by atoms with Crippen molar-refractivity contribution in [1.82, 2.24) is 10.2 Å². The van der Waals surface area contributed by atoms with Gasteiger partial charge in [0.1, 0.15) is 5.01 Å². The normalized spacial score (nSPS) is 10.8.